The molecule has 23 heavy (non-hydrogen) atoms. The molecule has 0 amide bonds. The molecule has 4 nitrogen and oxygen atoms in total. The lowest BCUT2D eigenvalue weighted by atomic mass is 10.2. The molecule has 1 unspecified atom stereocenters. The third-order valence-electron chi connectivity index (χ3n) is 3.48. The van der Waals surface area contributed by atoms with Crippen LogP contribution in [-0.4, -0.2) is 31.8 Å². The van der Waals surface area contributed by atoms with Crippen molar-refractivity contribution < 1.29 is 14.3 Å². The molecule has 1 saturated heterocycles. The molecule has 1 atom stereocenters. The van der Waals surface area contributed by atoms with Gasteiger partial charge in [-0.1, -0.05) is 23.2 Å². The first-order chi connectivity index (χ1) is 11.1. The van der Waals surface area contributed by atoms with Crippen LogP contribution in [0.2, 0.25) is 10.0 Å². The van der Waals surface area contributed by atoms with E-state index in [1.807, 2.05) is 17.0 Å². The molecule has 0 aromatic heterocycles. The zero-order valence-corrected chi connectivity index (χ0v) is 13.8. The molecule has 120 valence electrons. The number of hydrogen-bond donors (Lipinski definition) is 0. The third kappa shape index (κ3) is 4.30. The van der Waals surface area contributed by atoms with Crippen LogP contribution in [0.25, 0.3) is 0 Å². The molecule has 3 rings (SSSR count). The number of hydrogen-bond acceptors (Lipinski definition) is 4. The largest absolute Gasteiger partial charge is 0.490 e. The molecule has 0 bridgehead atoms. The quantitative estimate of drug-likeness (QED) is 0.785. The van der Waals surface area contributed by atoms with Gasteiger partial charge in [0.05, 0.1) is 6.54 Å². The van der Waals surface area contributed by atoms with Crippen molar-refractivity contribution >= 4 is 34.9 Å². The number of cyclic esters (lactones) is 1. The average Bonchev–Trinajstić information content (AvgIpc) is 2.54. The van der Waals surface area contributed by atoms with Crippen molar-refractivity contribution in [2.24, 2.45) is 0 Å². The average molecular weight is 352 g/mol. The van der Waals surface area contributed by atoms with E-state index in [9.17, 15) is 4.79 Å². The van der Waals surface area contributed by atoms with E-state index in [1.165, 1.54) is 0 Å². The van der Waals surface area contributed by atoms with Crippen LogP contribution in [0.3, 0.4) is 0 Å². The van der Waals surface area contributed by atoms with Crippen LogP contribution in [-0.2, 0) is 9.53 Å². The topological polar surface area (TPSA) is 38.8 Å². The van der Waals surface area contributed by atoms with Gasteiger partial charge in [-0.15, -0.1) is 0 Å². The summed E-state index contributed by atoms with van der Waals surface area (Å²) < 4.78 is 11.0. The Balaban J connectivity index is 1.62. The lowest BCUT2D eigenvalue weighted by Crippen LogP contribution is -2.47. The van der Waals surface area contributed by atoms with E-state index in [2.05, 4.69) is 0 Å². The Hall–Kier alpha value is -1.91. The summed E-state index contributed by atoms with van der Waals surface area (Å²) in [6.07, 6.45) is -0.331. The summed E-state index contributed by atoms with van der Waals surface area (Å²) in [5.41, 5.74) is 0.933. The number of carbonyl (C=O) groups is 1. The van der Waals surface area contributed by atoms with E-state index < -0.39 is 0 Å². The Morgan fingerprint density at radius 1 is 1.04 bits per heavy atom. The number of halogens is 2. The summed E-state index contributed by atoms with van der Waals surface area (Å²) in [5.74, 6) is 0.421. The van der Waals surface area contributed by atoms with Gasteiger partial charge in [0.2, 0.25) is 0 Å². The SMILES string of the molecule is O=C1CN(c2ccc(Cl)cc2)CC(COc2ccc(Cl)cc2)O1. The summed E-state index contributed by atoms with van der Waals surface area (Å²) in [7, 11) is 0. The molecule has 0 aliphatic carbocycles. The van der Waals surface area contributed by atoms with Gasteiger partial charge in [-0.3, -0.25) is 4.79 Å². The first-order valence-corrected chi connectivity index (χ1v) is 7.94. The van der Waals surface area contributed by atoms with E-state index in [-0.39, 0.29) is 25.2 Å². The minimum absolute atomic E-state index is 0.221. The van der Waals surface area contributed by atoms with Gasteiger partial charge >= 0.3 is 5.97 Å². The van der Waals surface area contributed by atoms with E-state index in [0.717, 1.165) is 5.69 Å². The molecular weight excluding hydrogens is 337 g/mol. The first kappa shape index (κ1) is 16.0. The molecule has 1 aliphatic rings. The van der Waals surface area contributed by atoms with Crippen molar-refractivity contribution in [3.05, 3.63) is 58.6 Å². The molecular formula is C17H15Cl2NO3. The predicted octanol–water partition coefficient (Wildman–Crippen LogP) is 3.80. The van der Waals surface area contributed by atoms with Gasteiger partial charge in [0.25, 0.3) is 0 Å². The highest BCUT2D eigenvalue weighted by molar-refractivity contribution is 6.30. The fourth-order valence-electron chi connectivity index (χ4n) is 2.38. The molecule has 1 aliphatic heterocycles. The number of nitrogens with zero attached hydrogens (tertiary/aromatic N) is 1. The number of ether oxygens (including phenoxy) is 2. The minimum atomic E-state index is -0.331. The molecule has 2 aromatic rings. The number of esters is 1. The number of benzene rings is 2. The summed E-state index contributed by atoms with van der Waals surface area (Å²) in [4.78, 5) is 13.8. The van der Waals surface area contributed by atoms with Crippen molar-refractivity contribution in [3.8, 4) is 5.75 Å². The van der Waals surface area contributed by atoms with Crippen LogP contribution in [0.4, 0.5) is 5.69 Å². The van der Waals surface area contributed by atoms with Gasteiger partial charge in [0, 0.05) is 15.7 Å². The van der Waals surface area contributed by atoms with Gasteiger partial charge in [-0.05, 0) is 48.5 Å². The molecule has 6 heteroatoms. The molecule has 1 fully saturated rings. The first-order valence-electron chi connectivity index (χ1n) is 7.18. The second-order valence-corrected chi connectivity index (χ2v) is 6.11. The maximum Gasteiger partial charge on any atom is 0.326 e. The zero-order valence-electron chi connectivity index (χ0n) is 12.2. The number of morpholine rings is 1. The number of rotatable bonds is 4. The van der Waals surface area contributed by atoms with Gasteiger partial charge in [0.1, 0.15) is 18.9 Å². The number of anilines is 1. The van der Waals surface area contributed by atoms with Crippen LogP contribution >= 0.6 is 23.2 Å². The zero-order chi connectivity index (χ0) is 16.2. The standard InChI is InChI=1S/C17H15Cl2NO3/c18-12-1-5-14(6-2-12)20-9-16(23-17(21)10-20)11-22-15-7-3-13(19)4-8-15/h1-8,16H,9-11H2. The molecule has 0 N–H and O–H groups in total. The van der Waals surface area contributed by atoms with Crippen LogP contribution in [0.1, 0.15) is 0 Å². The Kier molecular flexibility index (Phi) is 4.94. The van der Waals surface area contributed by atoms with Crippen molar-refractivity contribution in [1.82, 2.24) is 0 Å². The second kappa shape index (κ2) is 7.11. The van der Waals surface area contributed by atoms with Crippen molar-refractivity contribution in [1.29, 1.82) is 0 Å². The van der Waals surface area contributed by atoms with Crippen molar-refractivity contribution in [3.63, 3.8) is 0 Å². The normalized spacial score (nSPS) is 17.7. The summed E-state index contributed by atoms with van der Waals surface area (Å²) in [6.45, 7) is 1.08. The summed E-state index contributed by atoms with van der Waals surface area (Å²) in [5, 5.41) is 1.31. The Bertz CT molecular complexity index is 673. The van der Waals surface area contributed by atoms with E-state index in [4.69, 9.17) is 32.7 Å². The highest BCUT2D eigenvalue weighted by Crippen LogP contribution is 2.22. The summed E-state index contributed by atoms with van der Waals surface area (Å²) in [6, 6.07) is 14.4. The smallest absolute Gasteiger partial charge is 0.326 e. The van der Waals surface area contributed by atoms with Gasteiger partial charge < -0.3 is 14.4 Å². The Morgan fingerprint density at radius 2 is 1.65 bits per heavy atom. The third-order valence-corrected chi connectivity index (χ3v) is 3.99. The van der Waals surface area contributed by atoms with E-state index in [1.54, 1.807) is 36.4 Å². The maximum absolute atomic E-state index is 11.8. The molecule has 2 aromatic carbocycles. The highest BCUT2D eigenvalue weighted by atomic mass is 35.5. The molecule has 1 heterocycles. The Labute approximate surface area is 144 Å². The predicted molar refractivity (Wildman–Crippen MR) is 90.5 cm³/mol. The molecule has 0 saturated carbocycles. The van der Waals surface area contributed by atoms with Crippen LogP contribution in [0, 0.1) is 0 Å². The summed E-state index contributed by atoms with van der Waals surface area (Å²) >= 11 is 11.7. The Morgan fingerprint density at radius 3 is 2.30 bits per heavy atom. The lowest BCUT2D eigenvalue weighted by Gasteiger charge is -2.33. The molecule has 0 spiro atoms. The van der Waals surface area contributed by atoms with Crippen LogP contribution in [0.5, 0.6) is 5.75 Å². The number of carbonyl (C=O) groups excluding carboxylic acids is 1. The van der Waals surface area contributed by atoms with Gasteiger partial charge in [0.15, 0.2) is 6.10 Å². The highest BCUT2D eigenvalue weighted by Gasteiger charge is 2.27. The van der Waals surface area contributed by atoms with Crippen molar-refractivity contribution in [2.75, 3.05) is 24.6 Å². The van der Waals surface area contributed by atoms with Gasteiger partial charge in [-0.25, -0.2) is 0 Å². The monoisotopic (exact) mass is 351 g/mol. The lowest BCUT2D eigenvalue weighted by molar-refractivity contribution is -0.151. The fraction of sp³-hybridized carbons (Fsp3) is 0.235. The van der Waals surface area contributed by atoms with E-state index >= 15 is 0 Å². The van der Waals surface area contributed by atoms with Crippen LogP contribution in [0.15, 0.2) is 48.5 Å². The maximum atomic E-state index is 11.8. The van der Waals surface area contributed by atoms with Crippen molar-refractivity contribution in [2.45, 2.75) is 6.10 Å². The van der Waals surface area contributed by atoms with Gasteiger partial charge in [-0.2, -0.15) is 0 Å². The van der Waals surface area contributed by atoms with Crippen LogP contribution < -0.4 is 9.64 Å². The molecule has 0 radical (unpaired) electrons. The second-order valence-electron chi connectivity index (χ2n) is 5.23. The fourth-order valence-corrected chi connectivity index (χ4v) is 2.63. The minimum Gasteiger partial charge on any atom is -0.490 e. The van der Waals surface area contributed by atoms with E-state index in [0.29, 0.717) is 22.3 Å².